The largest absolute Gasteiger partial charge is 0.543 e. The molecule has 0 unspecified atom stereocenters. The summed E-state index contributed by atoms with van der Waals surface area (Å²) in [6.45, 7) is 23.2. The Hall–Kier alpha value is -3.75. The quantitative estimate of drug-likeness (QED) is 0.151. The molecule has 5 aromatic rings. The summed E-state index contributed by atoms with van der Waals surface area (Å²) < 4.78 is 25.9. The van der Waals surface area contributed by atoms with Gasteiger partial charge in [0.1, 0.15) is 35.2 Å². The highest BCUT2D eigenvalue weighted by Gasteiger charge is 2.40. The van der Waals surface area contributed by atoms with E-state index >= 15 is 0 Å². The molecule has 0 amide bonds. The number of benzene rings is 4. The van der Waals surface area contributed by atoms with Gasteiger partial charge in [-0.05, 0) is 108 Å². The summed E-state index contributed by atoms with van der Waals surface area (Å²) in [5, 5.41) is 1.24. The van der Waals surface area contributed by atoms with Crippen molar-refractivity contribution in [3.8, 4) is 39.7 Å². The van der Waals surface area contributed by atoms with E-state index in [1.807, 2.05) is 42.5 Å². The summed E-state index contributed by atoms with van der Waals surface area (Å²) in [4.78, 5) is 0. The van der Waals surface area contributed by atoms with Crippen LogP contribution in [0.5, 0.6) is 17.2 Å². The van der Waals surface area contributed by atoms with E-state index in [0.717, 1.165) is 56.2 Å². The van der Waals surface area contributed by atoms with Gasteiger partial charge < -0.3 is 18.0 Å². The fourth-order valence-electron chi connectivity index (χ4n) is 4.63. The molecule has 0 saturated heterocycles. The molecule has 0 aliphatic rings. The van der Waals surface area contributed by atoms with Crippen molar-refractivity contribution in [3.63, 3.8) is 0 Å². The molecule has 236 valence electrons. The molecule has 0 atom stereocenters. The number of furan rings is 1. The minimum absolute atomic E-state index is 0.0898. The normalized spacial score (nSPS) is 12.8. The van der Waals surface area contributed by atoms with E-state index in [-0.39, 0.29) is 10.1 Å². The summed E-state index contributed by atoms with van der Waals surface area (Å²) in [7, 11) is -4.00. The zero-order chi connectivity index (χ0) is 32.6. The molecule has 0 aliphatic heterocycles. The van der Waals surface area contributed by atoms with Gasteiger partial charge in [0.15, 0.2) is 0 Å². The van der Waals surface area contributed by atoms with Gasteiger partial charge in [0.25, 0.3) is 0 Å². The smallest absolute Gasteiger partial charge is 0.250 e. The van der Waals surface area contributed by atoms with E-state index < -0.39 is 16.6 Å². The van der Waals surface area contributed by atoms with Crippen LogP contribution in [0.3, 0.4) is 0 Å². The van der Waals surface area contributed by atoms with Crippen LogP contribution < -0.4 is 13.6 Å². The lowest BCUT2D eigenvalue weighted by atomic mass is 9.97. The Bertz CT molecular complexity index is 1760. The topological polar surface area (TPSA) is 40.8 Å². The molecule has 0 radical (unpaired) electrons. The van der Waals surface area contributed by atoms with Gasteiger partial charge in [-0.25, -0.2) is 0 Å². The Labute approximate surface area is 271 Å². The van der Waals surface area contributed by atoms with Crippen molar-refractivity contribution in [1.29, 1.82) is 0 Å². The fraction of sp³-hybridized carbons (Fsp3) is 0.333. The molecule has 4 nitrogen and oxygen atoms in total. The second kappa shape index (κ2) is 12.2. The first-order valence-electron chi connectivity index (χ1n) is 15.9. The van der Waals surface area contributed by atoms with E-state index in [1.54, 1.807) is 0 Å². The van der Waals surface area contributed by atoms with Gasteiger partial charge in [0.05, 0.1) is 0 Å². The maximum absolute atomic E-state index is 6.75. The molecule has 1 heterocycles. The van der Waals surface area contributed by atoms with Crippen LogP contribution in [0.25, 0.3) is 33.4 Å². The maximum Gasteiger partial charge on any atom is 0.250 e. The molecule has 1 aromatic heterocycles. The molecular weight excluding hydrogens is 589 g/mol. The lowest BCUT2D eigenvalue weighted by molar-refractivity contribution is 0.306. The molecule has 0 aliphatic carbocycles. The average Bonchev–Trinajstić information content (AvgIpc) is 3.38. The zero-order valence-corrected chi connectivity index (χ0v) is 30.6. The molecule has 45 heavy (non-hydrogen) atoms. The predicted molar refractivity (Wildman–Crippen MR) is 194 cm³/mol. The lowest BCUT2D eigenvalue weighted by Crippen LogP contribution is -2.43. The standard InChI is InChI=1S/C39H48O4Si2/c1-38(2,3)44(7,8)42-32-21-23-36-30(24-32)25-37(41-36)34-22-20-33(43-45(9,10)39(4,5)6)26-35(34)29-16-18-31(19-17-29)40-27-28-14-12-11-13-15-28/h11-26H,27H2,1-10H3. The Kier molecular flexibility index (Phi) is 8.86. The Morgan fingerprint density at radius 3 is 1.73 bits per heavy atom. The van der Waals surface area contributed by atoms with Gasteiger partial charge in [0, 0.05) is 10.9 Å². The van der Waals surface area contributed by atoms with Crippen molar-refractivity contribution in [2.45, 2.75) is 84.4 Å². The summed E-state index contributed by atoms with van der Waals surface area (Å²) in [6.07, 6.45) is 0. The predicted octanol–water partition coefficient (Wildman–Crippen LogP) is 12.1. The van der Waals surface area contributed by atoms with Crippen molar-refractivity contribution < 1.29 is 18.0 Å². The van der Waals surface area contributed by atoms with E-state index in [2.05, 4.69) is 122 Å². The third-order valence-corrected chi connectivity index (χ3v) is 18.2. The van der Waals surface area contributed by atoms with Gasteiger partial charge in [-0.1, -0.05) is 84.0 Å². The van der Waals surface area contributed by atoms with E-state index in [4.69, 9.17) is 18.0 Å². The number of fused-ring (bicyclic) bond motifs is 1. The molecule has 0 N–H and O–H groups in total. The van der Waals surface area contributed by atoms with Crippen LogP contribution in [0.1, 0.15) is 47.1 Å². The van der Waals surface area contributed by atoms with Crippen LogP contribution in [0, 0.1) is 0 Å². The molecule has 5 rings (SSSR count). The molecule has 0 fully saturated rings. The van der Waals surface area contributed by atoms with E-state index in [9.17, 15) is 0 Å². The Morgan fingerprint density at radius 1 is 0.578 bits per heavy atom. The summed E-state index contributed by atoms with van der Waals surface area (Å²) in [5.74, 6) is 3.42. The molecule has 0 bridgehead atoms. The first kappa shape index (κ1) is 32.6. The third kappa shape index (κ3) is 7.39. The van der Waals surface area contributed by atoms with Crippen molar-refractivity contribution in [2.24, 2.45) is 0 Å². The van der Waals surface area contributed by atoms with Crippen molar-refractivity contribution in [1.82, 2.24) is 0 Å². The number of hydrogen-bond donors (Lipinski definition) is 0. The van der Waals surface area contributed by atoms with E-state index in [1.165, 1.54) is 0 Å². The molecule has 6 heteroatoms. The van der Waals surface area contributed by atoms with Crippen LogP contribution in [-0.2, 0) is 6.61 Å². The minimum atomic E-state index is -2.04. The first-order chi connectivity index (χ1) is 21.0. The molecular formula is C39H48O4Si2. The molecule has 4 aromatic carbocycles. The number of ether oxygens (including phenoxy) is 1. The average molecular weight is 637 g/mol. The second-order valence-electron chi connectivity index (χ2n) is 15.0. The van der Waals surface area contributed by atoms with E-state index in [0.29, 0.717) is 6.61 Å². The minimum Gasteiger partial charge on any atom is -0.543 e. The first-order valence-corrected chi connectivity index (χ1v) is 21.7. The van der Waals surface area contributed by atoms with Gasteiger partial charge in [-0.3, -0.25) is 0 Å². The number of hydrogen-bond acceptors (Lipinski definition) is 4. The summed E-state index contributed by atoms with van der Waals surface area (Å²) >= 11 is 0. The van der Waals surface area contributed by atoms with Crippen LogP contribution >= 0.6 is 0 Å². The zero-order valence-electron chi connectivity index (χ0n) is 28.6. The van der Waals surface area contributed by atoms with Gasteiger partial charge in [0.2, 0.25) is 16.6 Å². The van der Waals surface area contributed by atoms with Crippen molar-refractivity contribution in [3.05, 3.63) is 103 Å². The Morgan fingerprint density at radius 2 is 1.13 bits per heavy atom. The van der Waals surface area contributed by atoms with Crippen molar-refractivity contribution in [2.75, 3.05) is 0 Å². The Balaban J connectivity index is 1.51. The van der Waals surface area contributed by atoms with Crippen LogP contribution in [-0.4, -0.2) is 16.6 Å². The highest BCUT2D eigenvalue weighted by molar-refractivity contribution is 6.75. The van der Waals surface area contributed by atoms with Crippen molar-refractivity contribution >= 4 is 27.6 Å². The molecule has 0 saturated carbocycles. The third-order valence-electron chi connectivity index (χ3n) is 9.52. The molecule has 0 spiro atoms. The SMILES string of the molecule is CC(C)(C)[Si](C)(C)Oc1ccc(-c2cc3cc(O[Si](C)(C)C(C)(C)C)ccc3o2)c(-c2ccc(OCc3ccccc3)cc2)c1. The maximum atomic E-state index is 6.75. The highest BCUT2D eigenvalue weighted by atomic mass is 28.4. The van der Waals surface area contributed by atoms with Crippen LogP contribution in [0.2, 0.25) is 36.3 Å². The second-order valence-corrected chi connectivity index (χ2v) is 24.5. The van der Waals surface area contributed by atoms with Crippen LogP contribution in [0.15, 0.2) is 101 Å². The lowest BCUT2D eigenvalue weighted by Gasteiger charge is -2.36. The highest BCUT2D eigenvalue weighted by Crippen LogP contribution is 2.43. The summed E-state index contributed by atoms with van der Waals surface area (Å²) in [5.41, 5.74) is 5.11. The van der Waals surface area contributed by atoms with Gasteiger partial charge >= 0.3 is 0 Å². The van der Waals surface area contributed by atoms with Gasteiger partial charge in [-0.15, -0.1) is 0 Å². The van der Waals surface area contributed by atoms with Crippen LogP contribution in [0.4, 0.5) is 0 Å². The van der Waals surface area contributed by atoms with Gasteiger partial charge in [-0.2, -0.15) is 0 Å². The number of rotatable bonds is 9. The monoisotopic (exact) mass is 636 g/mol. The fourth-order valence-corrected chi connectivity index (χ4v) is 6.67. The summed E-state index contributed by atoms with van der Waals surface area (Å²) in [6, 6.07) is 33.2.